The Kier molecular flexibility index (Phi) is 4.77. The Labute approximate surface area is 119 Å². The van der Waals surface area contributed by atoms with Gasteiger partial charge in [-0.3, -0.25) is 9.59 Å². The lowest BCUT2D eigenvalue weighted by molar-refractivity contribution is -0.137. The zero-order valence-corrected chi connectivity index (χ0v) is 11.8. The van der Waals surface area contributed by atoms with Crippen LogP contribution in [0.3, 0.4) is 0 Å². The first kappa shape index (κ1) is 14.6. The molecular formula is C16H21NO3. The van der Waals surface area contributed by atoms with E-state index in [9.17, 15) is 9.59 Å². The molecular weight excluding hydrogens is 254 g/mol. The molecule has 0 atom stereocenters. The second kappa shape index (κ2) is 6.55. The van der Waals surface area contributed by atoms with Crippen LogP contribution in [0.4, 0.5) is 5.69 Å². The summed E-state index contributed by atoms with van der Waals surface area (Å²) < 4.78 is 0. The van der Waals surface area contributed by atoms with Crippen molar-refractivity contribution in [1.29, 1.82) is 0 Å². The average molecular weight is 275 g/mol. The number of amides is 1. The zero-order chi connectivity index (χ0) is 14.5. The highest BCUT2D eigenvalue weighted by Crippen LogP contribution is 2.27. The highest BCUT2D eigenvalue weighted by atomic mass is 16.4. The minimum atomic E-state index is -0.977. The number of rotatable bonds is 4. The van der Waals surface area contributed by atoms with E-state index in [1.165, 1.54) is 11.3 Å². The lowest BCUT2D eigenvalue weighted by atomic mass is 9.88. The molecule has 0 aromatic heterocycles. The number of aliphatic carboxylic acids is 1. The Morgan fingerprint density at radius 3 is 2.30 bits per heavy atom. The van der Waals surface area contributed by atoms with Crippen LogP contribution in [0.25, 0.3) is 0 Å². The Morgan fingerprint density at radius 2 is 1.75 bits per heavy atom. The largest absolute Gasteiger partial charge is 0.480 e. The first-order chi connectivity index (χ1) is 9.58. The van der Waals surface area contributed by atoms with E-state index in [4.69, 9.17) is 5.11 Å². The molecule has 0 aliphatic heterocycles. The standard InChI is InChI=1S/C16H21NO3/c1-12-7-9-14(10-8-12)17(11-15(18)19)16(20)13-5-3-2-4-6-13/h7-10,13H,2-6,11H2,1H3,(H,18,19). The summed E-state index contributed by atoms with van der Waals surface area (Å²) >= 11 is 0. The van der Waals surface area contributed by atoms with Gasteiger partial charge in [-0.15, -0.1) is 0 Å². The van der Waals surface area contributed by atoms with Crippen molar-refractivity contribution in [3.63, 3.8) is 0 Å². The summed E-state index contributed by atoms with van der Waals surface area (Å²) in [4.78, 5) is 25.0. The molecule has 0 radical (unpaired) electrons. The van der Waals surface area contributed by atoms with Crippen molar-refractivity contribution in [2.75, 3.05) is 11.4 Å². The van der Waals surface area contributed by atoms with Gasteiger partial charge in [0, 0.05) is 11.6 Å². The number of nitrogens with zero attached hydrogens (tertiary/aromatic N) is 1. The van der Waals surface area contributed by atoms with E-state index in [2.05, 4.69) is 0 Å². The molecule has 1 saturated carbocycles. The zero-order valence-electron chi connectivity index (χ0n) is 11.8. The first-order valence-electron chi connectivity index (χ1n) is 7.18. The van der Waals surface area contributed by atoms with Crippen molar-refractivity contribution in [2.24, 2.45) is 5.92 Å². The van der Waals surface area contributed by atoms with Gasteiger partial charge in [0.25, 0.3) is 0 Å². The smallest absolute Gasteiger partial charge is 0.323 e. The molecule has 1 aliphatic rings. The van der Waals surface area contributed by atoms with Gasteiger partial charge in [0.05, 0.1) is 0 Å². The van der Waals surface area contributed by atoms with Crippen LogP contribution in [-0.2, 0) is 9.59 Å². The fourth-order valence-electron chi connectivity index (χ4n) is 2.73. The lowest BCUT2D eigenvalue weighted by Crippen LogP contribution is -2.40. The SMILES string of the molecule is Cc1ccc(N(CC(=O)O)C(=O)C2CCCCC2)cc1. The van der Waals surface area contributed by atoms with Crippen molar-refractivity contribution in [1.82, 2.24) is 0 Å². The predicted octanol–water partition coefficient (Wildman–Crippen LogP) is 2.99. The molecule has 1 fully saturated rings. The molecule has 1 aromatic carbocycles. The Balaban J connectivity index is 2.19. The quantitative estimate of drug-likeness (QED) is 0.919. The molecule has 4 heteroatoms. The van der Waals surface area contributed by atoms with Crippen LogP contribution in [0, 0.1) is 12.8 Å². The minimum Gasteiger partial charge on any atom is -0.480 e. The van der Waals surface area contributed by atoms with E-state index < -0.39 is 5.97 Å². The molecule has 4 nitrogen and oxygen atoms in total. The second-order valence-electron chi connectivity index (χ2n) is 5.49. The monoisotopic (exact) mass is 275 g/mol. The summed E-state index contributed by atoms with van der Waals surface area (Å²) in [5.74, 6) is -1.05. The summed E-state index contributed by atoms with van der Waals surface area (Å²) in [7, 11) is 0. The van der Waals surface area contributed by atoms with E-state index in [0.717, 1.165) is 31.2 Å². The van der Waals surface area contributed by atoms with Gasteiger partial charge >= 0.3 is 5.97 Å². The summed E-state index contributed by atoms with van der Waals surface area (Å²) in [6.45, 7) is 1.70. The summed E-state index contributed by atoms with van der Waals surface area (Å²) in [5, 5.41) is 9.05. The van der Waals surface area contributed by atoms with E-state index in [-0.39, 0.29) is 18.4 Å². The third kappa shape index (κ3) is 3.59. The lowest BCUT2D eigenvalue weighted by Gasteiger charge is -2.28. The van der Waals surface area contributed by atoms with Crippen molar-refractivity contribution in [3.05, 3.63) is 29.8 Å². The Bertz CT molecular complexity index is 475. The van der Waals surface area contributed by atoms with Gasteiger partial charge in [-0.25, -0.2) is 0 Å². The normalized spacial score (nSPS) is 15.8. The molecule has 0 saturated heterocycles. The second-order valence-corrected chi connectivity index (χ2v) is 5.49. The number of carboxylic acids is 1. The molecule has 0 unspecified atom stereocenters. The highest BCUT2D eigenvalue weighted by molar-refractivity contribution is 5.98. The number of carbonyl (C=O) groups is 2. The van der Waals surface area contributed by atoms with Crippen LogP contribution in [0.5, 0.6) is 0 Å². The predicted molar refractivity (Wildman–Crippen MR) is 77.7 cm³/mol. The third-order valence-electron chi connectivity index (χ3n) is 3.86. The van der Waals surface area contributed by atoms with Gasteiger partial charge in [0.15, 0.2) is 0 Å². The molecule has 1 N–H and O–H groups in total. The number of anilines is 1. The van der Waals surface area contributed by atoms with Crippen molar-refractivity contribution < 1.29 is 14.7 Å². The molecule has 0 spiro atoms. The van der Waals surface area contributed by atoms with Crippen molar-refractivity contribution in [2.45, 2.75) is 39.0 Å². The third-order valence-corrected chi connectivity index (χ3v) is 3.86. The van der Waals surface area contributed by atoms with Gasteiger partial charge < -0.3 is 10.0 Å². The summed E-state index contributed by atoms with van der Waals surface area (Å²) in [6, 6.07) is 7.44. The van der Waals surface area contributed by atoms with E-state index in [0.29, 0.717) is 5.69 Å². The summed E-state index contributed by atoms with van der Waals surface area (Å²) in [5.41, 5.74) is 1.77. The molecule has 1 amide bonds. The van der Waals surface area contributed by atoms with E-state index in [1.807, 2.05) is 31.2 Å². The number of hydrogen-bond acceptors (Lipinski definition) is 2. The van der Waals surface area contributed by atoms with E-state index >= 15 is 0 Å². The van der Waals surface area contributed by atoms with Crippen LogP contribution in [0.1, 0.15) is 37.7 Å². The van der Waals surface area contributed by atoms with Crippen LogP contribution in [0.2, 0.25) is 0 Å². The van der Waals surface area contributed by atoms with Crippen molar-refractivity contribution in [3.8, 4) is 0 Å². The maximum Gasteiger partial charge on any atom is 0.323 e. The van der Waals surface area contributed by atoms with Gasteiger partial charge in [-0.05, 0) is 31.9 Å². The molecule has 20 heavy (non-hydrogen) atoms. The number of carbonyl (C=O) groups excluding carboxylic acids is 1. The highest BCUT2D eigenvalue weighted by Gasteiger charge is 2.28. The average Bonchev–Trinajstić information content (AvgIpc) is 2.46. The number of hydrogen-bond donors (Lipinski definition) is 1. The first-order valence-corrected chi connectivity index (χ1v) is 7.18. The van der Waals surface area contributed by atoms with Gasteiger partial charge in [-0.2, -0.15) is 0 Å². The molecule has 1 aromatic rings. The molecule has 0 heterocycles. The fourth-order valence-corrected chi connectivity index (χ4v) is 2.73. The molecule has 108 valence electrons. The number of benzene rings is 1. The Hall–Kier alpha value is -1.84. The maximum absolute atomic E-state index is 12.6. The van der Waals surface area contributed by atoms with Crippen LogP contribution in [0.15, 0.2) is 24.3 Å². The molecule has 0 bridgehead atoms. The Morgan fingerprint density at radius 1 is 1.15 bits per heavy atom. The van der Waals surface area contributed by atoms with Gasteiger partial charge in [0.2, 0.25) is 5.91 Å². The van der Waals surface area contributed by atoms with Gasteiger partial charge in [-0.1, -0.05) is 37.0 Å². The number of aryl methyl sites for hydroxylation is 1. The van der Waals surface area contributed by atoms with Crippen LogP contribution in [-0.4, -0.2) is 23.5 Å². The minimum absolute atomic E-state index is 0.0237. The van der Waals surface area contributed by atoms with Gasteiger partial charge in [0.1, 0.15) is 6.54 Å². The maximum atomic E-state index is 12.6. The fraction of sp³-hybridized carbons (Fsp3) is 0.500. The molecule has 2 rings (SSSR count). The van der Waals surface area contributed by atoms with Crippen molar-refractivity contribution >= 4 is 17.6 Å². The van der Waals surface area contributed by atoms with Crippen LogP contribution >= 0.6 is 0 Å². The molecule has 1 aliphatic carbocycles. The summed E-state index contributed by atoms with van der Waals surface area (Å²) in [6.07, 6.45) is 5.05. The number of carboxylic acid groups (broad SMARTS) is 1. The van der Waals surface area contributed by atoms with E-state index in [1.54, 1.807) is 0 Å². The topological polar surface area (TPSA) is 57.6 Å². The van der Waals surface area contributed by atoms with Crippen LogP contribution < -0.4 is 4.90 Å².